The van der Waals surface area contributed by atoms with Crippen LogP contribution in [0.5, 0.6) is 0 Å². The van der Waals surface area contributed by atoms with E-state index in [0.717, 1.165) is 19.1 Å². The molecule has 0 saturated heterocycles. The Morgan fingerprint density at radius 1 is 1.44 bits per heavy atom. The Bertz CT molecular complexity index is 292. The molecule has 1 fully saturated rings. The Morgan fingerprint density at radius 2 is 2.06 bits per heavy atom. The lowest BCUT2D eigenvalue weighted by molar-refractivity contribution is -0.111. The van der Waals surface area contributed by atoms with Crippen molar-refractivity contribution in [2.24, 2.45) is 11.8 Å². The van der Waals surface area contributed by atoms with E-state index in [1.165, 1.54) is 12.8 Å². The number of nitrogens with one attached hydrogen (secondary N) is 1. The number of carbonyl (C=O) groups is 2. The lowest BCUT2D eigenvalue weighted by atomic mass is 9.91. The van der Waals surface area contributed by atoms with Crippen molar-refractivity contribution in [3.05, 3.63) is 0 Å². The van der Waals surface area contributed by atoms with Crippen molar-refractivity contribution >= 4 is 12.4 Å². The molecule has 0 heterocycles. The SMILES string of the molecule is CCCC(C1CC1)C(C=O)NC(=O)OC(C)(C)C. The van der Waals surface area contributed by atoms with Gasteiger partial charge in [0.15, 0.2) is 0 Å². The summed E-state index contributed by atoms with van der Waals surface area (Å²) in [5, 5.41) is 2.70. The highest BCUT2D eigenvalue weighted by molar-refractivity contribution is 5.73. The molecular formula is C14H25NO3. The van der Waals surface area contributed by atoms with Crippen LogP contribution in [0.4, 0.5) is 4.79 Å². The number of aldehydes is 1. The number of carbonyl (C=O) groups excluding carboxylic acids is 2. The highest BCUT2D eigenvalue weighted by Gasteiger charge is 2.37. The van der Waals surface area contributed by atoms with Crippen LogP contribution >= 0.6 is 0 Å². The molecule has 2 atom stereocenters. The van der Waals surface area contributed by atoms with Gasteiger partial charge in [0, 0.05) is 0 Å². The third-order valence-electron chi connectivity index (χ3n) is 3.14. The van der Waals surface area contributed by atoms with E-state index in [1.54, 1.807) is 0 Å². The van der Waals surface area contributed by atoms with Crippen molar-refractivity contribution in [2.45, 2.75) is 65.0 Å². The summed E-state index contributed by atoms with van der Waals surface area (Å²) in [5.41, 5.74) is -0.530. The van der Waals surface area contributed by atoms with E-state index in [0.29, 0.717) is 5.92 Å². The molecule has 4 nitrogen and oxygen atoms in total. The molecular weight excluding hydrogens is 230 g/mol. The summed E-state index contributed by atoms with van der Waals surface area (Å²) in [4.78, 5) is 22.9. The van der Waals surface area contributed by atoms with Crippen molar-refractivity contribution in [1.82, 2.24) is 5.32 Å². The average molecular weight is 255 g/mol. The Hall–Kier alpha value is -1.06. The normalized spacial score (nSPS) is 18.9. The summed E-state index contributed by atoms with van der Waals surface area (Å²) in [5.74, 6) is 0.857. The molecule has 0 aromatic heterocycles. The van der Waals surface area contributed by atoms with Crippen molar-refractivity contribution in [1.29, 1.82) is 0 Å². The largest absolute Gasteiger partial charge is 0.444 e. The molecule has 4 heteroatoms. The molecule has 0 bridgehead atoms. The fourth-order valence-electron chi connectivity index (χ4n) is 2.25. The van der Waals surface area contributed by atoms with E-state index in [4.69, 9.17) is 4.74 Å². The maximum absolute atomic E-state index is 11.7. The van der Waals surface area contributed by atoms with Gasteiger partial charge in [-0.05, 0) is 51.9 Å². The summed E-state index contributed by atoms with van der Waals surface area (Å²) in [6, 6.07) is -0.410. The minimum Gasteiger partial charge on any atom is -0.444 e. The van der Waals surface area contributed by atoms with Crippen molar-refractivity contribution in [3.63, 3.8) is 0 Å². The number of amides is 1. The zero-order chi connectivity index (χ0) is 13.8. The van der Waals surface area contributed by atoms with Gasteiger partial charge < -0.3 is 14.8 Å². The van der Waals surface area contributed by atoms with Crippen molar-refractivity contribution in [2.75, 3.05) is 0 Å². The molecule has 1 rings (SSSR count). The molecule has 1 aliphatic rings. The second-order valence-electron chi connectivity index (χ2n) is 6.10. The van der Waals surface area contributed by atoms with Crippen molar-refractivity contribution in [3.8, 4) is 0 Å². The maximum Gasteiger partial charge on any atom is 0.408 e. The van der Waals surface area contributed by atoms with Crippen LogP contribution in [0.2, 0.25) is 0 Å². The zero-order valence-corrected chi connectivity index (χ0v) is 11.9. The summed E-state index contributed by atoms with van der Waals surface area (Å²) >= 11 is 0. The van der Waals surface area contributed by atoms with Gasteiger partial charge in [-0.1, -0.05) is 13.3 Å². The average Bonchev–Trinajstić information content (AvgIpc) is 3.04. The molecule has 2 unspecified atom stereocenters. The Labute approximate surface area is 109 Å². The fraction of sp³-hybridized carbons (Fsp3) is 0.857. The van der Waals surface area contributed by atoms with Crippen LogP contribution < -0.4 is 5.32 Å². The molecule has 0 aromatic carbocycles. The van der Waals surface area contributed by atoms with Gasteiger partial charge in [-0.25, -0.2) is 4.79 Å². The second kappa shape index (κ2) is 6.21. The van der Waals surface area contributed by atoms with Gasteiger partial charge >= 0.3 is 6.09 Å². The van der Waals surface area contributed by atoms with Gasteiger partial charge in [-0.2, -0.15) is 0 Å². The lowest BCUT2D eigenvalue weighted by Gasteiger charge is -2.26. The van der Waals surface area contributed by atoms with Gasteiger partial charge in [0.2, 0.25) is 0 Å². The Balaban J connectivity index is 2.54. The number of ether oxygens (including phenoxy) is 1. The third kappa shape index (κ3) is 5.07. The van der Waals surface area contributed by atoms with E-state index < -0.39 is 17.7 Å². The highest BCUT2D eigenvalue weighted by atomic mass is 16.6. The third-order valence-corrected chi connectivity index (χ3v) is 3.14. The number of hydrogen-bond donors (Lipinski definition) is 1. The van der Waals surface area contributed by atoms with Gasteiger partial charge in [0.1, 0.15) is 11.9 Å². The van der Waals surface area contributed by atoms with Crippen LogP contribution in [-0.2, 0) is 9.53 Å². The topological polar surface area (TPSA) is 55.4 Å². The smallest absolute Gasteiger partial charge is 0.408 e. The number of hydrogen-bond acceptors (Lipinski definition) is 3. The van der Waals surface area contributed by atoms with Gasteiger partial charge in [-0.3, -0.25) is 0 Å². The van der Waals surface area contributed by atoms with Crippen LogP contribution in [0.15, 0.2) is 0 Å². The van der Waals surface area contributed by atoms with E-state index in [-0.39, 0.29) is 5.92 Å². The summed E-state index contributed by atoms with van der Waals surface area (Å²) < 4.78 is 5.19. The maximum atomic E-state index is 11.7. The lowest BCUT2D eigenvalue weighted by Crippen LogP contribution is -2.44. The Morgan fingerprint density at radius 3 is 2.44 bits per heavy atom. The molecule has 1 aliphatic carbocycles. The zero-order valence-electron chi connectivity index (χ0n) is 11.9. The molecule has 0 aliphatic heterocycles. The number of alkyl carbamates (subject to hydrolysis) is 1. The van der Waals surface area contributed by atoms with Gasteiger partial charge in [0.05, 0.1) is 6.04 Å². The Kier molecular flexibility index (Phi) is 5.17. The van der Waals surface area contributed by atoms with Crippen molar-refractivity contribution < 1.29 is 14.3 Å². The molecule has 1 amide bonds. The first-order chi connectivity index (χ1) is 8.37. The molecule has 0 spiro atoms. The predicted octanol–water partition coefficient (Wildman–Crippen LogP) is 2.90. The minimum atomic E-state index is -0.530. The van der Waals surface area contributed by atoms with E-state index >= 15 is 0 Å². The van der Waals surface area contributed by atoms with E-state index in [1.807, 2.05) is 20.8 Å². The molecule has 0 radical (unpaired) electrons. The molecule has 1 saturated carbocycles. The first kappa shape index (κ1) is 15.0. The first-order valence-electron chi connectivity index (χ1n) is 6.82. The van der Waals surface area contributed by atoms with Crippen LogP contribution in [0, 0.1) is 11.8 Å². The van der Waals surface area contributed by atoms with Gasteiger partial charge in [0.25, 0.3) is 0 Å². The molecule has 18 heavy (non-hydrogen) atoms. The quantitative estimate of drug-likeness (QED) is 0.742. The highest BCUT2D eigenvalue weighted by Crippen LogP contribution is 2.40. The van der Waals surface area contributed by atoms with Crippen LogP contribution in [0.1, 0.15) is 53.4 Å². The van der Waals surface area contributed by atoms with Gasteiger partial charge in [-0.15, -0.1) is 0 Å². The van der Waals surface area contributed by atoms with Crippen LogP contribution in [0.25, 0.3) is 0 Å². The standard InChI is InChI=1S/C14H25NO3/c1-5-6-11(10-7-8-10)12(9-16)15-13(17)18-14(2,3)4/h9-12H,5-8H2,1-4H3,(H,15,17). The first-order valence-corrected chi connectivity index (χ1v) is 6.82. The summed E-state index contributed by atoms with van der Waals surface area (Å²) in [7, 11) is 0. The second-order valence-corrected chi connectivity index (χ2v) is 6.10. The molecule has 1 N–H and O–H groups in total. The monoisotopic (exact) mass is 255 g/mol. The van der Waals surface area contributed by atoms with Crippen LogP contribution in [0.3, 0.4) is 0 Å². The minimum absolute atomic E-state index is 0.264. The molecule has 104 valence electrons. The fourth-order valence-corrected chi connectivity index (χ4v) is 2.25. The van der Waals surface area contributed by atoms with E-state index in [2.05, 4.69) is 12.2 Å². The van der Waals surface area contributed by atoms with Crippen LogP contribution in [-0.4, -0.2) is 24.0 Å². The summed E-state index contributed by atoms with van der Waals surface area (Å²) in [6.45, 7) is 7.54. The predicted molar refractivity (Wildman–Crippen MR) is 70.3 cm³/mol. The summed E-state index contributed by atoms with van der Waals surface area (Å²) in [6.07, 6.45) is 4.70. The molecule has 0 aromatic rings. The van der Waals surface area contributed by atoms with E-state index in [9.17, 15) is 9.59 Å². The number of rotatable bonds is 6.